The molecule has 4 nitrogen and oxygen atoms in total. The molecule has 2 aromatic carbocycles. The third kappa shape index (κ3) is 4.48. The van der Waals surface area contributed by atoms with E-state index in [4.69, 9.17) is 0 Å². The van der Waals surface area contributed by atoms with E-state index in [1.165, 1.54) is 0 Å². The molecule has 0 aromatic heterocycles. The first-order valence-electron chi connectivity index (χ1n) is 8.42. The quantitative estimate of drug-likeness (QED) is 0.633. The lowest BCUT2D eigenvalue weighted by Gasteiger charge is -2.16. The lowest BCUT2D eigenvalue weighted by Crippen LogP contribution is -2.19. The average Bonchev–Trinajstić information content (AvgIpc) is 2.66. The van der Waals surface area contributed by atoms with Crippen molar-refractivity contribution in [2.45, 2.75) is 26.7 Å². The zero-order valence-electron chi connectivity index (χ0n) is 14.9. The minimum Gasteiger partial charge on any atom is -0.350 e. The van der Waals surface area contributed by atoms with Gasteiger partial charge >= 0.3 is 0 Å². The van der Waals surface area contributed by atoms with Crippen LogP contribution in [0.25, 0.3) is 0 Å². The first-order valence-corrected chi connectivity index (χ1v) is 8.42. The summed E-state index contributed by atoms with van der Waals surface area (Å²) < 4.78 is 0. The predicted molar refractivity (Wildman–Crippen MR) is 102 cm³/mol. The van der Waals surface area contributed by atoms with Gasteiger partial charge in [-0.3, -0.25) is 4.79 Å². The number of rotatable bonds is 6. The van der Waals surface area contributed by atoms with Crippen LogP contribution >= 0.6 is 0 Å². The number of benzene rings is 2. The maximum absolute atomic E-state index is 12.6. The molecule has 0 aliphatic rings. The van der Waals surface area contributed by atoms with Gasteiger partial charge in [0, 0.05) is 24.6 Å². The van der Waals surface area contributed by atoms with Crippen LogP contribution in [-0.2, 0) is 17.6 Å². The molecule has 4 heteroatoms. The predicted octanol–water partition coefficient (Wildman–Crippen LogP) is 4.29. The third-order valence-corrected chi connectivity index (χ3v) is 4.09. The molecule has 0 aliphatic heterocycles. The van der Waals surface area contributed by atoms with Gasteiger partial charge in [-0.1, -0.05) is 50.2 Å². The second-order valence-corrected chi connectivity index (χ2v) is 5.71. The largest absolute Gasteiger partial charge is 0.350 e. The molecule has 0 saturated heterocycles. The first kappa shape index (κ1) is 18.3. The van der Waals surface area contributed by atoms with E-state index >= 15 is 0 Å². The number of para-hydroxylation sites is 2. The Morgan fingerprint density at radius 2 is 1.68 bits per heavy atom. The van der Waals surface area contributed by atoms with Crippen molar-refractivity contribution in [3.8, 4) is 6.07 Å². The van der Waals surface area contributed by atoms with Crippen molar-refractivity contribution in [1.82, 2.24) is 0 Å². The van der Waals surface area contributed by atoms with Gasteiger partial charge in [0.25, 0.3) is 5.91 Å². The second kappa shape index (κ2) is 8.70. The number of nitriles is 1. The van der Waals surface area contributed by atoms with Gasteiger partial charge in [0.1, 0.15) is 11.6 Å². The summed E-state index contributed by atoms with van der Waals surface area (Å²) >= 11 is 0. The normalized spacial score (nSPS) is 10.9. The number of carbonyl (C=O) groups excluding carboxylic acids is 1. The third-order valence-electron chi connectivity index (χ3n) is 4.09. The van der Waals surface area contributed by atoms with Gasteiger partial charge in [0.2, 0.25) is 0 Å². The van der Waals surface area contributed by atoms with E-state index < -0.39 is 0 Å². The number of anilines is 2. The first-order chi connectivity index (χ1) is 12.1. The van der Waals surface area contributed by atoms with Crippen molar-refractivity contribution >= 4 is 17.3 Å². The van der Waals surface area contributed by atoms with E-state index in [1.807, 2.05) is 61.6 Å². The Kier molecular flexibility index (Phi) is 6.36. The average molecular weight is 333 g/mol. The number of hydrogen-bond acceptors (Lipinski definition) is 3. The number of carbonyl (C=O) groups is 1. The summed E-state index contributed by atoms with van der Waals surface area (Å²) in [6.07, 6.45) is 3.20. The summed E-state index contributed by atoms with van der Waals surface area (Å²) in [7, 11) is 1.82. The van der Waals surface area contributed by atoms with Crippen LogP contribution in [0, 0.1) is 11.3 Å². The minimum atomic E-state index is -0.388. The molecule has 25 heavy (non-hydrogen) atoms. The summed E-state index contributed by atoms with van der Waals surface area (Å²) in [5.41, 5.74) is 3.94. The van der Waals surface area contributed by atoms with Gasteiger partial charge in [-0.05, 0) is 36.1 Å². The van der Waals surface area contributed by atoms with Gasteiger partial charge in [-0.25, -0.2) is 0 Å². The van der Waals surface area contributed by atoms with Crippen molar-refractivity contribution < 1.29 is 4.79 Å². The number of nitrogens with one attached hydrogen (secondary N) is 1. The van der Waals surface area contributed by atoms with E-state index in [1.54, 1.807) is 11.1 Å². The molecular weight excluding hydrogens is 310 g/mol. The SMILES string of the molecule is CCc1cccc(CC)c1NC(=O)/C(C#N)=C\N(C)c1ccccc1. The highest BCUT2D eigenvalue weighted by Crippen LogP contribution is 2.23. The van der Waals surface area contributed by atoms with Gasteiger partial charge in [0.05, 0.1) is 0 Å². The summed E-state index contributed by atoms with van der Waals surface area (Å²) in [5, 5.41) is 12.3. The molecule has 0 bridgehead atoms. The molecular formula is C21H23N3O. The molecule has 0 atom stereocenters. The van der Waals surface area contributed by atoms with Crippen LogP contribution in [0.2, 0.25) is 0 Å². The number of nitrogens with zero attached hydrogens (tertiary/aromatic N) is 2. The Labute approximate surface area is 149 Å². The van der Waals surface area contributed by atoms with E-state index in [9.17, 15) is 10.1 Å². The standard InChI is InChI=1S/C21H23N3O/c1-4-16-10-9-11-17(5-2)20(16)23-21(25)18(14-22)15-24(3)19-12-7-6-8-13-19/h6-13,15H,4-5H2,1-3H3,(H,23,25)/b18-15-. The Bertz CT molecular complexity index is 781. The molecule has 1 N–H and O–H groups in total. The molecule has 0 heterocycles. The van der Waals surface area contributed by atoms with Crippen LogP contribution in [0.4, 0.5) is 11.4 Å². The summed E-state index contributed by atoms with van der Waals surface area (Å²) in [5.74, 6) is -0.388. The fourth-order valence-corrected chi connectivity index (χ4v) is 2.65. The van der Waals surface area contributed by atoms with Crippen LogP contribution < -0.4 is 10.2 Å². The highest BCUT2D eigenvalue weighted by molar-refractivity contribution is 6.07. The Morgan fingerprint density at radius 1 is 1.08 bits per heavy atom. The van der Waals surface area contributed by atoms with Crippen molar-refractivity contribution in [1.29, 1.82) is 5.26 Å². The smallest absolute Gasteiger partial charge is 0.267 e. The van der Waals surface area contributed by atoms with Crippen molar-refractivity contribution in [3.63, 3.8) is 0 Å². The Morgan fingerprint density at radius 3 is 2.20 bits per heavy atom. The summed E-state index contributed by atoms with van der Waals surface area (Å²) in [6, 6.07) is 17.6. The molecule has 1 amide bonds. The van der Waals surface area contributed by atoms with Crippen molar-refractivity contribution in [3.05, 3.63) is 71.4 Å². The lowest BCUT2D eigenvalue weighted by molar-refractivity contribution is -0.112. The second-order valence-electron chi connectivity index (χ2n) is 5.71. The molecule has 0 aliphatic carbocycles. The molecule has 0 fully saturated rings. The van der Waals surface area contributed by atoms with E-state index in [-0.39, 0.29) is 11.5 Å². The number of hydrogen-bond donors (Lipinski definition) is 1. The number of aryl methyl sites for hydroxylation is 2. The summed E-state index contributed by atoms with van der Waals surface area (Å²) in [4.78, 5) is 14.4. The van der Waals surface area contributed by atoms with E-state index in [0.29, 0.717) is 0 Å². The fourth-order valence-electron chi connectivity index (χ4n) is 2.65. The van der Waals surface area contributed by atoms with Gasteiger partial charge in [-0.2, -0.15) is 5.26 Å². The van der Waals surface area contributed by atoms with Crippen LogP contribution in [-0.4, -0.2) is 13.0 Å². The zero-order valence-corrected chi connectivity index (χ0v) is 14.9. The van der Waals surface area contributed by atoms with E-state index in [0.717, 1.165) is 35.3 Å². The Hall–Kier alpha value is -3.06. The highest BCUT2D eigenvalue weighted by atomic mass is 16.1. The van der Waals surface area contributed by atoms with Crippen LogP contribution in [0.1, 0.15) is 25.0 Å². The van der Waals surface area contributed by atoms with Crippen molar-refractivity contribution in [2.24, 2.45) is 0 Å². The molecule has 0 radical (unpaired) electrons. The zero-order chi connectivity index (χ0) is 18.2. The van der Waals surface area contributed by atoms with Crippen molar-refractivity contribution in [2.75, 3.05) is 17.3 Å². The lowest BCUT2D eigenvalue weighted by atomic mass is 10.0. The minimum absolute atomic E-state index is 0.0688. The van der Waals surface area contributed by atoms with Gasteiger partial charge in [0.15, 0.2) is 0 Å². The molecule has 0 spiro atoms. The fraction of sp³-hybridized carbons (Fsp3) is 0.238. The maximum atomic E-state index is 12.6. The highest BCUT2D eigenvalue weighted by Gasteiger charge is 2.14. The molecule has 0 unspecified atom stereocenters. The van der Waals surface area contributed by atoms with Crippen LogP contribution in [0.5, 0.6) is 0 Å². The molecule has 128 valence electrons. The molecule has 2 rings (SSSR count). The maximum Gasteiger partial charge on any atom is 0.267 e. The monoisotopic (exact) mass is 333 g/mol. The topological polar surface area (TPSA) is 56.1 Å². The van der Waals surface area contributed by atoms with Crippen LogP contribution in [0.3, 0.4) is 0 Å². The van der Waals surface area contributed by atoms with E-state index in [2.05, 4.69) is 19.2 Å². The van der Waals surface area contributed by atoms with Crippen LogP contribution in [0.15, 0.2) is 60.3 Å². The molecule has 0 saturated carbocycles. The van der Waals surface area contributed by atoms with Gasteiger partial charge in [-0.15, -0.1) is 0 Å². The molecule has 2 aromatic rings. The van der Waals surface area contributed by atoms with Gasteiger partial charge < -0.3 is 10.2 Å². The Balaban J connectivity index is 2.27. The summed E-state index contributed by atoms with van der Waals surface area (Å²) in [6.45, 7) is 4.10. The number of amides is 1.